The topological polar surface area (TPSA) is 110 Å². The summed E-state index contributed by atoms with van der Waals surface area (Å²) < 4.78 is 13.3. The van der Waals surface area contributed by atoms with Crippen molar-refractivity contribution in [3.63, 3.8) is 0 Å². The third-order valence-corrected chi connectivity index (χ3v) is 3.00. The highest BCUT2D eigenvalue weighted by atomic mass is 19.1. The Labute approximate surface area is 107 Å². The Bertz CT molecular complexity index is 549. The zero-order valence-electron chi connectivity index (χ0n) is 9.88. The van der Waals surface area contributed by atoms with Crippen LogP contribution in [0.5, 0.6) is 0 Å². The van der Waals surface area contributed by atoms with E-state index >= 15 is 0 Å². The second-order valence-electron chi connectivity index (χ2n) is 4.34. The van der Waals surface area contributed by atoms with E-state index in [-0.39, 0.29) is 17.8 Å². The standard InChI is InChI=1S/C11H12FN3O4/c12-6-3-8(10(13)9(4-6)15(18)19)11(17)14-2-1-7(16)5-14/h3-4,7,16H,1-2,5,13H2. The van der Waals surface area contributed by atoms with Gasteiger partial charge in [0, 0.05) is 13.1 Å². The molecule has 1 amide bonds. The number of carbonyl (C=O) groups is 1. The van der Waals surface area contributed by atoms with Gasteiger partial charge < -0.3 is 15.7 Å². The van der Waals surface area contributed by atoms with Crippen LogP contribution < -0.4 is 5.73 Å². The molecule has 0 aliphatic carbocycles. The molecule has 8 heteroatoms. The van der Waals surface area contributed by atoms with E-state index in [4.69, 9.17) is 5.73 Å². The zero-order chi connectivity index (χ0) is 14.2. The number of nitro benzene ring substituents is 1. The average Bonchev–Trinajstić information content (AvgIpc) is 2.77. The summed E-state index contributed by atoms with van der Waals surface area (Å²) in [4.78, 5) is 23.3. The zero-order valence-corrected chi connectivity index (χ0v) is 9.88. The number of aliphatic hydroxyl groups excluding tert-OH is 1. The number of halogens is 1. The van der Waals surface area contributed by atoms with E-state index in [1.165, 1.54) is 4.90 Å². The van der Waals surface area contributed by atoms with Crippen molar-refractivity contribution in [1.82, 2.24) is 4.90 Å². The first kappa shape index (κ1) is 13.2. The SMILES string of the molecule is Nc1c(C(=O)N2CCC(O)C2)cc(F)cc1[N+](=O)[O-]. The monoisotopic (exact) mass is 269 g/mol. The number of likely N-dealkylation sites (tertiary alicyclic amines) is 1. The van der Waals surface area contributed by atoms with Gasteiger partial charge in [-0.2, -0.15) is 0 Å². The fourth-order valence-electron chi connectivity index (χ4n) is 2.03. The lowest BCUT2D eigenvalue weighted by molar-refractivity contribution is -0.384. The summed E-state index contributed by atoms with van der Waals surface area (Å²) in [6, 6.07) is 1.54. The van der Waals surface area contributed by atoms with E-state index in [9.17, 15) is 24.4 Å². The van der Waals surface area contributed by atoms with Gasteiger partial charge in [0.25, 0.3) is 11.6 Å². The van der Waals surface area contributed by atoms with Crippen LogP contribution in [0.4, 0.5) is 15.8 Å². The number of hydrogen-bond donors (Lipinski definition) is 2. The first-order valence-corrected chi connectivity index (χ1v) is 5.61. The molecule has 102 valence electrons. The lowest BCUT2D eigenvalue weighted by atomic mass is 10.1. The lowest BCUT2D eigenvalue weighted by Gasteiger charge is -2.16. The Kier molecular flexibility index (Phi) is 3.34. The van der Waals surface area contributed by atoms with Gasteiger partial charge >= 0.3 is 0 Å². The molecule has 0 aromatic heterocycles. The van der Waals surface area contributed by atoms with Crippen molar-refractivity contribution >= 4 is 17.3 Å². The molecular formula is C11H12FN3O4. The number of nitrogens with two attached hydrogens (primary N) is 1. The van der Waals surface area contributed by atoms with Gasteiger partial charge in [0.05, 0.1) is 22.7 Å². The van der Waals surface area contributed by atoms with E-state index in [0.717, 1.165) is 6.07 Å². The number of β-amino-alcohol motifs (C(OH)–C–C–N with tert-alkyl or cyclic N) is 1. The third-order valence-electron chi connectivity index (χ3n) is 3.00. The van der Waals surface area contributed by atoms with Crippen LogP contribution in [0.15, 0.2) is 12.1 Å². The Morgan fingerprint density at radius 1 is 1.58 bits per heavy atom. The fraction of sp³-hybridized carbons (Fsp3) is 0.364. The van der Waals surface area contributed by atoms with Gasteiger partial charge in [-0.25, -0.2) is 4.39 Å². The van der Waals surface area contributed by atoms with Crippen molar-refractivity contribution in [2.75, 3.05) is 18.8 Å². The third kappa shape index (κ3) is 2.48. The molecule has 7 nitrogen and oxygen atoms in total. The number of nitrogens with zero attached hydrogens (tertiary/aromatic N) is 2. The number of aliphatic hydroxyl groups is 1. The maximum atomic E-state index is 13.3. The Morgan fingerprint density at radius 3 is 2.79 bits per heavy atom. The highest BCUT2D eigenvalue weighted by molar-refractivity contribution is 6.01. The molecule has 1 aromatic carbocycles. The molecule has 1 aliphatic heterocycles. The average molecular weight is 269 g/mol. The van der Waals surface area contributed by atoms with Crippen LogP contribution >= 0.6 is 0 Å². The van der Waals surface area contributed by atoms with Crippen LogP contribution in [0, 0.1) is 15.9 Å². The molecule has 19 heavy (non-hydrogen) atoms. The number of anilines is 1. The predicted octanol–water partition coefficient (Wildman–Crippen LogP) is 0.523. The summed E-state index contributed by atoms with van der Waals surface area (Å²) in [5.41, 5.74) is 4.29. The van der Waals surface area contributed by atoms with Crippen LogP contribution in [-0.2, 0) is 0 Å². The highest BCUT2D eigenvalue weighted by Crippen LogP contribution is 2.28. The molecule has 0 spiro atoms. The fourth-order valence-corrected chi connectivity index (χ4v) is 2.03. The predicted molar refractivity (Wildman–Crippen MR) is 64.0 cm³/mol. The summed E-state index contributed by atoms with van der Waals surface area (Å²) in [6.07, 6.45) is -0.211. The summed E-state index contributed by atoms with van der Waals surface area (Å²) in [7, 11) is 0. The molecule has 0 radical (unpaired) electrons. The van der Waals surface area contributed by atoms with E-state index in [1.807, 2.05) is 0 Å². The van der Waals surface area contributed by atoms with Gasteiger partial charge in [0.15, 0.2) is 0 Å². The summed E-state index contributed by atoms with van der Waals surface area (Å²) in [6.45, 7) is 0.423. The quantitative estimate of drug-likeness (QED) is 0.462. The number of nitrogen functional groups attached to an aromatic ring is 1. The van der Waals surface area contributed by atoms with E-state index in [2.05, 4.69) is 0 Å². The lowest BCUT2D eigenvalue weighted by Crippen LogP contribution is -2.30. The second-order valence-corrected chi connectivity index (χ2v) is 4.34. The van der Waals surface area contributed by atoms with Gasteiger partial charge in [-0.3, -0.25) is 14.9 Å². The molecule has 1 fully saturated rings. The molecular weight excluding hydrogens is 257 g/mol. The summed E-state index contributed by atoms with van der Waals surface area (Å²) in [5.74, 6) is -1.51. The van der Waals surface area contributed by atoms with E-state index in [0.29, 0.717) is 19.0 Å². The Balaban J connectivity index is 2.39. The van der Waals surface area contributed by atoms with Crippen LogP contribution in [0.25, 0.3) is 0 Å². The molecule has 0 saturated carbocycles. The molecule has 1 aromatic rings. The van der Waals surface area contributed by atoms with Crippen LogP contribution in [0.3, 0.4) is 0 Å². The number of amides is 1. The van der Waals surface area contributed by atoms with Crippen molar-refractivity contribution in [3.05, 3.63) is 33.6 Å². The van der Waals surface area contributed by atoms with Crippen molar-refractivity contribution in [1.29, 1.82) is 0 Å². The van der Waals surface area contributed by atoms with Crippen LogP contribution in [0.1, 0.15) is 16.8 Å². The summed E-state index contributed by atoms with van der Waals surface area (Å²) >= 11 is 0. The van der Waals surface area contributed by atoms with Crippen molar-refractivity contribution in [2.24, 2.45) is 0 Å². The van der Waals surface area contributed by atoms with Gasteiger partial charge in [0.2, 0.25) is 0 Å². The number of benzene rings is 1. The maximum Gasteiger partial charge on any atom is 0.295 e. The number of nitro groups is 1. The second kappa shape index (κ2) is 4.81. The van der Waals surface area contributed by atoms with Gasteiger partial charge in [0.1, 0.15) is 11.5 Å². The van der Waals surface area contributed by atoms with Crippen molar-refractivity contribution in [3.8, 4) is 0 Å². The Morgan fingerprint density at radius 2 is 2.26 bits per heavy atom. The largest absolute Gasteiger partial charge is 0.393 e. The minimum atomic E-state index is -0.899. The number of hydrogen-bond acceptors (Lipinski definition) is 5. The summed E-state index contributed by atoms with van der Waals surface area (Å²) in [5, 5.41) is 20.1. The first-order chi connectivity index (χ1) is 8.90. The smallest absolute Gasteiger partial charge is 0.295 e. The van der Waals surface area contributed by atoms with Crippen molar-refractivity contribution in [2.45, 2.75) is 12.5 Å². The first-order valence-electron chi connectivity index (χ1n) is 5.61. The molecule has 0 bridgehead atoms. The highest BCUT2D eigenvalue weighted by Gasteiger charge is 2.29. The van der Waals surface area contributed by atoms with Crippen LogP contribution in [-0.4, -0.2) is 40.0 Å². The number of carbonyl (C=O) groups excluding carboxylic acids is 1. The van der Waals surface area contributed by atoms with Gasteiger partial charge in [-0.05, 0) is 12.5 Å². The van der Waals surface area contributed by atoms with Gasteiger partial charge in [-0.1, -0.05) is 0 Å². The maximum absolute atomic E-state index is 13.3. The minimum absolute atomic E-state index is 0.114. The molecule has 1 atom stereocenters. The molecule has 1 heterocycles. The van der Waals surface area contributed by atoms with E-state index in [1.54, 1.807) is 0 Å². The molecule has 1 unspecified atom stereocenters. The Hall–Kier alpha value is -2.22. The van der Waals surface area contributed by atoms with Gasteiger partial charge in [-0.15, -0.1) is 0 Å². The number of rotatable bonds is 2. The molecule has 3 N–H and O–H groups in total. The van der Waals surface area contributed by atoms with Crippen molar-refractivity contribution < 1.29 is 19.2 Å². The minimum Gasteiger partial charge on any atom is -0.393 e. The van der Waals surface area contributed by atoms with Crippen LogP contribution in [0.2, 0.25) is 0 Å². The van der Waals surface area contributed by atoms with E-state index < -0.39 is 28.4 Å². The molecule has 1 aliphatic rings. The molecule has 1 saturated heterocycles. The molecule has 2 rings (SSSR count). The normalized spacial score (nSPS) is 18.6.